The Morgan fingerprint density at radius 3 is 2.50 bits per heavy atom. The number of benzene rings is 2. The van der Waals surface area contributed by atoms with E-state index in [-0.39, 0.29) is 11.7 Å². The Bertz CT molecular complexity index is 1310. The molecule has 2 aromatic carbocycles. The van der Waals surface area contributed by atoms with Gasteiger partial charge in [-0.15, -0.1) is 0 Å². The molecule has 4 rings (SSSR count). The molecule has 2 aromatic heterocycles. The van der Waals surface area contributed by atoms with Gasteiger partial charge in [-0.2, -0.15) is 9.78 Å². The Hall–Kier alpha value is -3.94. The van der Waals surface area contributed by atoms with Gasteiger partial charge >= 0.3 is 0 Å². The van der Waals surface area contributed by atoms with Crippen LogP contribution < -0.4 is 15.8 Å². The third kappa shape index (κ3) is 5.01. The molecule has 0 aliphatic rings. The van der Waals surface area contributed by atoms with E-state index in [1.54, 1.807) is 6.21 Å². The lowest BCUT2D eigenvalue weighted by Gasteiger charge is -2.05. The highest BCUT2D eigenvalue weighted by Gasteiger charge is 2.23. The fourth-order valence-electron chi connectivity index (χ4n) is 3.77. The van der Waals surface area contributed by atoms with Crippen LogP contribution in [0.15, 0.2) is 53.6 Å². The number of nitrogens with one attached hydrogen (secondary N) is 1. The first-order chi connectivity index (χ1) is 16.6. The third-order valence-electron chi connectivity index (χ3n) is 5.53. The number of hydrogen-bond acceptors (Lipinski definition) is 6. The quantitative estimate of drug-likeness (QED) is 0.263. The maximum Gasteiger partial charge on any atom is 0.257 e. The van der Waals surface area contributed by atoms with Crippen molar-refractivity contribution < 1.29 is 9.53 Å². The van der Waals surface area contributed by atoms with Gasteiger partial charge in [0.2, 0.25) is 0 Å². The van der Waals surface area contributed by atoms with Gasteiger partial charge < -0.3 is 15.8 Å². The van der Waals surface area contributed by atoms with Gasteiger partial charge in [0.05, 0.1) is 23.9 Å². The SMILES string of the molecule is CCCCCCNC(=O)c1c(N)n(/N=C/c2ccc(OCC)cc2)c2nc3ccccc3nc12. The van der Waals surface area contributed by atoms with Crippen molar-refractivity contribution >= 4 is 40.1 Å². The summed E-state index contributed by atoms with van der Waals surface area (Å²) in [5.41, 5.74) is 9.88. The average molecular weight is 459 g/mol. The van der Waals surface area contributed by atoms with Gasteiger partial charge in [0, 0.05) is 6.54 Å². The van der Waals surface area contributed by atoms with Crippen molar-refractivity contribution in [3.63, 3.8) is 0 Å². The second kappa shape index (κ2) is 10.8. The summed E-state index contributed by atoms with van der Waals surface area (Å²) in [4.78, 5) is 22.5. The van der Waals surface area contributed by atoms with Crippen molar-refractivity contribution in [3.05, 3.63) is 59.7 Å². The smallest absolute Gasteiger partial charge is 0.257 e. The van der Waals surface area contributed by atoms with Gasteiger partial charge in [-0.1, -0.05) is 38.3 Å². The number of nitrogen functional groups attached to an aromatic ring is 1. The van der Waals surface area contributed by atoms with Crippen molar-refractivity contribution in [3.8, 4) is 5.75 Å². The summed E-state index contributed by atoms with van der Waals surface area (Å²) in [5, 5.41) is 7.53. The standard InChI is InChI=1S/C26H30N6O2/c1-3-5-6-9-16-28-26(33)22-23-25(31-21-11-8-7-10-20(21)30-23)32(24(22)27)29-17-18-12-14-19(15-13-18)34-4-2/h7-8,10-15,17H,3-6,9,16,27H2,1-2H3,(H,28,33)/b29-17+. The highest BCUT2D eigenvalue weighted by molar-refractivity contribution is 6.10. The molecular weight excluding hydrogens is 428 g/mol. The van der Waals surface area contributed by atoms with Crippen LogP contribution in [0.25, 0.3) is 22.2 Å². The fraction of sp³-hybridized carbons (Fsp3) is 0.308. The van der Waals surface area contributed by atoms with Crippen LogP contribution in [0.4, 0.5) is 5.82 Å². The number of aromatic nitrogens is 3. The number of amides is 1. The van der Waals surface area contributed by atoms with E-state index in [1.165, 1.54) is 4.68 Å². The highest BCUT2D eigenvalue weighted by atomic mass is 16.5. The molecule has 0 bridgehead atoms. The van der Waals surface area contributed by atoms with Crippen LogP contribution in [0.3, 0.4) is 0 Å². The molecule has 0 atom stereocenters. The number of ether oxygens (including phenoxy) is 1. The first-order valence-electron chi connectivity index (χ1n) is 11.7. The van der Waals surface area contributed by atoms with Gasteiger partial charge in [-0.3, -0.25) is 4.79 Å². The van der Waals surface area contributed by atoms with E-state index in [2.05, 4.69) is 17.3 Å². The van der Waals surface area contributed by atoms with E-state index >= 15 is 0 Å². The largest absolute Gasteiger partial charge is 0.494 e. The molecule has 0 aliphatic heterocycles. The Morgan fingerprint density at radius 2 is 1.79 bits per heavy atom. The van der Waals surface area contributed by atoms with Crippen LogP contribution in [-0.4, -0.2) is 39.9 Å². The summed E-state index contributed by atoms with van der Waals surface area (Å²) in [6.07, 6.45) is 5.96. The van der Waals surface area contributed by atoms with Gasteiger partial charge in [0.15, 0.2) is 5.65 Å². The number of unbranched alkanes of at least 4 members (excludes halogenated alkanes) is 3. The van der Waals surface area contributed by atoms with Crippen LogP contribution in [0, 0.1) is 0 Å². The molecule has 0 radical (unpaired) electrons. The predicted octanol–water partition coefficient (Wildman–Crippen LogP) is 4.76. The zero-order chi connectivity index (χ0) is 23.9. The van der Waals surface area contributed by atoms with E-state index in [0.29, 0.717) is 40.9 Å². The zero-order valence-electron chi connectivity index (χ0n) is 19.6. The molecule has 2 heterocycles. The monoisotopic (exact) mass is 458 g/mol. The molecule has 8 nitrogen and oxygen atoms in total. The molecule has 0 fully saturated rings. The summed E-state index contributed by atoms with van der Waals surface area (Å²) in [7, 11) is 0. The average Bonchev–Trinajstić information content (AvgIpc) is 3.12. The molecular formula is C26H30N6O2. The van der Waals surface area contributed by atoms with Crippen LogP contribution >= 0.6 is 0 Å². The Kier molecular flexibility index (Phi) is 7.37. The number of nitrogens with two attached hydrogens (primary N) is 1. The molecule has 0 aliphatic carbocycles. The molecule has 8 heteroatoms. The highest BCUT2D eigenvalue weighted by Crippen LogP contribution is 2.28. The molecule has 34 heavy (non-hydrogen) atoms. The Morgan fingerprint density at radius 1 is 1.06 bits per heavy atom. The number of carbonyl (C=O) groups is 1. The molecule has 0 saturated carbocycles. The van der Waals surface area contributed by atoms with Crippen molar-refractivity contribution in [2.75, 3.05) is 18.9 Å². The molecule has 0 saturated heterocycles. The van der Waals surface area contributed by atoms with Gasteiger partial charge in [-0.25, -0.2) is 9.97 Å². The number of nitrogens with zero attached hydrogens (tertiary/aromatic N) is 4. The second-order valence-corrected chi connectivity index (χ2v) is 8.02. The number of rotatable bonds is 10. The maximum atomic E-state index is 13.1. The topological polar surface area (TPSA) is 107 Å². The van der Waals surface area contributed by atoms with Crippen LogP contribution in [-0.2, 0) is 0 Å². The van der Waals surface area contributed by atoms with Crippen molar-refractivity contribution in [2.45, 2.75) is 39.5 Å². The lowest BCUT2D eigenvalue weighted by molar-refractivity contribution is 0.0955. The first-order valence-corrected chi connectivity index (χ1v) is 11.7. The zero-order valence-corrected chi connectivity index (χ0v) is 19.6. The summed E-state index contributed by atoms with van der Waals surface area (Å²) >= 11 is 0. The second-order valence-electron chi connectivity index (χ2n) is 8.02. The van der Waals surface area contributed by atoms with Gasteiger partial charge in [0.1, 0.15) is 22.6 Å². The third-order valence-corrected chi connectivity index (χ3v) is 5.53. The number of fused-ring (bicyclic) bond motifs is 2. The molecule has 1 amide bonds. The summed E-state index contributed by atoms with van der Waals surface area (Å²) in [6.45, 7) is 5.29. The summed E-state index contributed by atoms with van der Waals surface area (Å²) in [6, 6.07) is 15.1. The normalized spacial score (nSPS) is 11.5. The molecule has 4 aromatic rings. The van der Waals surface area contributed by atoms with Crippen LogP contribution in [0.2, 0.25) is 0 Å². The van der Waals surface area contributed by atoms with Crippen LogP contribution in [0.5, 0.6) is 5.75 Å². The number of para-hydroxylation sites is 2. The van der Waals surface area contributed by atoms with E-state index in [1.807, 2.05) is 55.5 Å². The minimum Gasteiger partial charge on any atom is -0.494 e. The number of anilines is 1. The van der Waals surface area contributed by atoms with E-state index in [9.17, 15) is 4.79 Å². The summed E-state index contributed by atoms with van der Waals surface area (Å²) in [5.74, 6) is 0.734. The van der Waals surface area contributed by atoms with Gasteiger partial charge in [0.25, 0.3) is 5.91 Å². The molecule has 3 N–H and O–H groups in total. The fourth-order valence-corrected chi connectivity index (χ4v) is 3.77. The van der Waals surface area contributed by atoms with Crippen molar-refractivity contribution in [1.29, 1.82) is 0 Å². The maximum absolute atomic E-state index is 13.1. The van der Waals surface area contributed by atoms with Crippen molar-refractivity contribution in [2.24, 2.45) is 5.10 Å². The summed E-state index contributed by atoms with van der Waals surface area (Å²) < 4.78 is 6.98. The van der Waals surface area contributed by atoms with E-state index < -0.39 is 0 Å². The number of carbonyl (C=O) groups excluding carboxylic acids is 1. The lowest BCUT2D eigenvalue weighted by atomic mass is 10.2. The van der Waals surface area contributed by atoms with Crippen LogP contribution in [0.1, 0.15) is 55.5 Å². The first kappa shape index (κ1) is 23.2. The predicted molar refractivity (Wildman–Crippen MR) is 137 cm³/mol. The molecule has 176 valence electrons. The number of hydrogen-bond donors (Lipinski definition) is 2. The Labute approximate surface area is 198 Å². The molecule has 0 unspecified atom stereocenters. The van der Waals surface area contributed by atoms with Crippen molar-refractivity contribution in [1.82, 2.24) is 20.0 Å². The lowest BCUT2D eigenvalue weighted by Crippen LogP contribution is -2.25. The minimum absolute atomic E-state index is 0.207. The van der Waals surface area contributed by atoms with Gasteiger partial charge in [-0.05, 0) is 55.3 Å². The minimum atomic E-state index is -0.265. The Balaban J connectivity index is 1.71. The molecule has 0 spiro atoms. The van der Waals surface area contributed by atoms with E-state index in [0.717, 1.165) is 37.0 Å². The van der Waals surface area contributed by atoms with E-state index in [4.69, 9.17) is 20.4 Å².